The Morgan fingerprint density at radius 3 is 2.52 bits per heavy atom. The van der Waals surface area contributed by atoms with Crippen molar-refractivity contribution in [3.05, 3.63) is 53.5 Å². The number of hydrogen-bond donors (Lipinski definition) is 0. The van der Waals surface area contributed by atoms with Crippen molar-refractivity contribution in [1.82, 2.24) is 19.7 Å². The van der Waals surface area contributed by atoms with Crippen molar-refractivity contribution in [3.8, 4) is 0 Å². The molecule has 2 aromatic rings. The normalized spacial score (nSPS) is 15.8. The van der Waals surface area contributed by atoms with Crippen LogP contribution in [-0.2, 0) is 13.1 Å². The third kappa shape index (κ3) is 5.14. The first kappa shape index (κ1) is 19.5. The number of nitrogens with zero attached hydrogens (tertiary/aromatic N) is 4. The van der Waals surface area contributed by atoms with Gasteiger partial charge >= 0.3 is 0 Å². The Hall–Kier alpha value is -2.25. The molecule has 1 saturated heterocycles. The third-order valence-electron chi connectivity index (χ3n) is 4.85. The van der Waals surface area contributed by atoms with E-state index < -0.39 is 0 Å². The number of benzene rings is 1. The summed E-state index contributed by atoms with van der Waals surface area (Å²) in [5.74, 6) is 0.303. The van der Waals surface area contributed by atoms with Crippen LogP contribution in [0.3, 0.4) is 0 Å². The number of rotatable bonds is 7. The number of hydrogen-bond acceptors (Lipinski definition) is 5. The first-order valence-corrected chi connectivity index (χ1v) is 9.44. The molecule has 27 heavy (non-hydrogen) atoms. The standard InChI is InChI=1S/C20H27FN4O2/c1-3-8-23(2)20(26)18-15-27-19(22-18)14-25-11-9-24(10-12-25)13-16-6-4-5-7-17(16)21/h4-7,15H,3,8-14H2,1-2H3. The number of carbonyl (C=O) groups is 1. The molecule has 0 unspecified atom stereocenters. The molecule has 1 aromatic carbocycles. The molecule has 0 spiro atoms. The summed E-state index contributed by atoms with van der Waals surface area (Å²) in [6.45, 7) is 7.38. The molecule has 1 aliphatic heterocycles. The second kappa shape index (κ2) is 9.10. The average molecular weight is 374 g/mol. The molecule has 1 fully saturated rings. The van der Waals surface area contributed by atoms with Gasteiger partial charge in [0.1, 0.15) is 12.1 Å². The largest absolute Gasteiger partial charge is 0.447 e. The molecule has 0 N–H and O–H groups in total. The van der Waals surface area contributed by atoms with Gasteiger partial charge in [-0.1, -0.05) is 25.1 Å². The molecule has 1 aliphatic rings. The van der Waals surface area contributed by atoms with Crippen LogP contribution in [0.4, 0.5) is 4.39 Å². The molecule has 0 bridgehead atoms. The number of piperazine rings is 1. The minimum absolute atomic E-state index is 0.110. The Bertz CT molecular complexity index is 756. The molecular weight excluding hydrogens is 347 g/mol. The van der Waals surface area contributed by atoms with E-state index in [0.29, 0.717) is 31.2 Å². The van der Waals surface area contributed by atoms with Gasteiger partial charge in [-0.05, 0) is 12.5 Å². The summed E-state index contributed by atoms with van der Waals surface area (Å²) in [5.41, 5.74) is 1.09. The summed E-state index contributed by atoms with van der Waals surface area (Å²) in [6, 6.07) is 6.92. The van der Waals surface area contributed by atoms with Gasteiger partial charge in [-0.2, -0.15) is 0 Å². The highest BCUT2D eigenvalue weighted by Crippen LogP contribution is 2.14. The lowest BCUT2D eigenvalue weighted by Gasteiger charge is -2.34. The Morgan fingerprint density at radius 1 is 1.19 bits per heavy atom. The summed E-state index contributed by atoms with van der Waals surface area (Å²) in [7, 11) is 1.77. The predicted molar refractivity (Wildman–Crippen MR) is 101 cm³/mol. The molecule has 0 aliphatic carbocycles. The van der Waals surface area contributed by atoms with Crippen LogP contribution in [0.15, 0.2) is 34.9 Å². The van der Waals surface area contributed by atoms with Crippen LogP contribution in [0.25, 0.3) is 0 Å². The number of oxazole rings is 1. The second-order valence-corrected chi connectivity index (χ2v) is 7.00. The smallest absolute Gasteiger partial charge is 0.275 e. The maximum Gasteiger partial charge on any atom is 0.275 e. The van der Waals surface area contributed by atoms with Crippen LogP contribution in [0.1, 0.15) is 35.3 Å². The molecule has 146 valence electrons. The van der Waals surface area contributed by atoms with Crippen LogP contribution >= 0.6 is 0 Å². The topological polar surface area (TPSA) is 52.8 Å². The molecule has 3 rings (SSSR count). The minimum atomic E-state index is -0.148. The van der Waals surface area contributed by atoms with E-state index in [0.717, 1.165) is 38.2 Å². The second-order valence-electron chi connectivity index (χ2n) is 7.00. The molecular formula is C20H27FN4O2. The zero-order valence-electron chi connectivity index (χ0n) is 16.0. The van der Waals surface area contributed by atoms with Crippen LogP contribution in [0.5, 0.6) is 0 Å². The van der Waals surface area contributed by atoms with Crippen LogP contribution in [-0.4, -0.2) is 65.4 Å². The van der Waals surface area contributed by atoms with E-state index in [1.807, 2.05) is 19.1 Å². The zero-order valence-corrected chi connectivity index (χ0v) is 16.0. The summed E-state index contributed by atoms with van der Waals surface area (Å²) >= 11 is 0. The van der Waals surface area contributed by atoms with Crippen LogP contribution in [0, 0.1) is 5.82 Å². The molecule has 0 saturated carbocycles. The van der Waals surface area contributed by atoms with Gasteiger partial charge in [0.2, 0.25) is 5.89 Å². The number of carbonyl (C=O) groups excluding carboxylic acids is 1. The number of halogens is 1. The summed E-state index contributed by atoms with van der Waals surface area (Å²) < 4.78 is 19.3. The van der Waals surface area contributed by atoms with E-state index in [1.165, 1.54) is 12.3 Å². The first-order valence-electron chi connectivity index (χ1n) is 9.44. The van der Waals surface area contributed by atoms with Crippen molar-refractivity contribution in [3.63, 3.8) is 0 Å². The van der Waals surface area contributed by atoms with Gasteiger partial charge in [-0.25, -0.2) is 9.37 Å². The lowest BCUT2D eigenvalue weighted by molar-refractivity contribution is 0.0789. The summed E-state index contributed by atoms with van der Waals surface area (Å²) in [5, 5.41) is 0. The third-order valence-corrected chi connectivity index (χ3v) is 4.85. The molecule has 0 atom stereocenters. The van der Waals surface area contributed by atoms with E-state index in [1.54, 1.807) is 18.0 Å². The van der Waals surface area contributed by atoms with Crippen molar-refractivity contribution in [1.29, 1.82) is 0 Å². The van der Waals surface area contributed by atoms with E-state index in [9.17, 15) is 9.18 Å². The fourth-order valence-corrected chi connectivity index (χ4v) is 3.28. The highest BCUT2D eigenvalue weighted by Gasteiger charge is 2.21. The average Bonchev–Trinajstić information content (AvgIpc) is 3.13. The highest BCUT2D eigenvalue weighted by molar-refractivity contribution is 5.91. The van der Waals surface area contributed by atoms with Crippen LogP contribution in [0.2, 0.25) is 0 Å². The monoisotopic (exact) mass is 374 g/mol. The fourth-order valence-electron chi connectivity index (χ4n) is 3.28. The van der Waals surface area contributed by atoms with Crippen molar-refractivity contribution in [2.45, 2.75) is 26.4 Å². The maximum atomic E-state index is 13.8. The van der Waals surface area contributed by atoms with Gasteiger partial charge in [0.25, 0.3) is 5.91 Å². The van der Waals surface area contributed by atoms with Crippen molar-refractivity contribution in [2.75, 3.05) is 39.8 Å². The SMILES string of the molecule is CCCN(C)C(=O)c1coc(CN2CCN(Cc3ccccc3F)CC2)n1. The predicted octanol–water partition coefficient (Wildman–Crippen LogP) is 2.61. The van der Waals surface area contributed by atoms with E-state index >= 15 is 0 Å². The lowest BCUT2D eigenvalue weighted by Crippen LogP contribution is -2.45. The minimum Gasteiger partial charge on any atom is -0.447 e. The Balaban J connectivity index is 1.48. The van der Waals surface area contributed by atoms with E-state index in [4.69, 9.17) is 4.42 Å². The summed E-state index contributed by atoms with van der Waals surface area (Å²) in [6.07, 6.45) is 2.35. The van der Waals surface area contributed by atoms with Gasteiger partial charge in [0.05, 0.1) is 6.54 Å². The van der Waals surface area contributed by atoms with Crippen molar-refractivity contribution < 1.29 is 13.6 Å². The van der Waals surface area contributed by atoms with Gasteiger partial charge < -0.3 is 9.32 Å². The van der Waals surface area contributed by atoms with Crippen molar-refractivity contribution in [2.24, 2.45) is 0 Å². The molecule has 1 amide bonds. The molecule has 2 heterocycles. The van der Waals surface area contributed by atoms with E-state index in [-0.39, 0.29) is 11.7 Å². The Labute approximate surface area is 159 Å². The fraction of sp³-hybridized carbons (Fsp3) is 0.500. The van der Waals surface area contributed by atoms with Gasteiger partial charge in [-0.15, -0.1) is 0 Å². The number of aromatic nitrogens is 1. The van der Waals surface area contributed by atoms with Gasteiger partial charge in [-0.3, -0.25) is 14.6 Å². The molecule has 1 aromatic heterocycles. The Kier molecular flexibility index (Phi) is 6.58. The van der Waals surface area contributed by atoms with E-state index in [2.05, 4.69) is 14.8 Å². The Morgan fingerprint density at radius 2 is 1.85 bits per heavy atom. The first-order chi connectivity index (χ1) is 13.1. The van der Waals surface area contributed by atoms with Gasteiger partial charge in [0.15, 0.2) is 5.69 Å². The molecule has 7 heteroatoms. The number of amides is 1. The highest BCUT2D eigenvalue weighted by atomic mass is 19.1. The van der Waals surface area contributed by atoms with Crippen LogP contribution < -0.4 is 0 Å². The molecule has 0 radical (unpaired) electrons. The maximum absolute atomic E-state index is 13.8. The lowest BCUT2D eigenvalue weighted by atomic mass is 10.2. The molecule has 6 nitrogen and oxygen atoms in total. The zero-order chi connectivity index (χ0) is 19.2. The van der Waals surface area contributed by atoms with Crippen molar-refractivity contribution >= 4 is 5.91 Å². The summed E-state index contributed by atoms with van der Waals surface area (Å²) in [4.78, 5) is 22.7. The quantitative estimate of drug-likeness (QED) is 0.746. The van der Waals surface area contributed by atoms with Gasteiger partial charge in [0, 0.05) is 51.9 Å².